The van der Waals surface area contributed by atoms with Crippen LogP contribution in [0.3, 0.4) is 0 Å². The van der Waals surface area contributed by atoms with Crippen molar-refractivity contribution >= 4 is 17.6 Å². The van der Waals surface area contributed by atoms with E-state index in [0.717, 1.165) is 32.4 Å². The minimum atomic E-state index is -1.15. The van der Waals surface area contributed by atoms with Crippen LogP contribution in [0.1, 0.15) is 41.3 Å². The van der Waals surface area contributed by atoms with E-state index < -0.39 is 18.0 Å². The van der Waals surface area contributed by atoms with Crippen LogP contribution in [0.15, 0.2) is 48.5 Å². The summed E-state index contributed by atoms with van der Waals surface area (Å²) in [5.41, 5.74) is 1.11. The van der Waals surface area contributed by atoms with Gasteiger partial charge in [-0.3, -0.25) is 4.79 Å². The molecule has 2 aromatic carbocycles. The molecule has 3 rings (SSSR count). The average Bonchev–Trinajstić information content (AvgIpc) is 2.72. The number of halogens is 1. The van der Waals surface area contributed by atoms with Crippen LogP contribution in [0, 0.1) is 5.82 Å². The van der Waals surface area contributed by atoms with Crippen molar-refractivity contribution in [3.05, 3.63) is 65.5 Å². The van der Waals surface area contributed by atoms with Gasteiger partial charge in [0.05, 0.1) is 6.10 Å². The number of likely N-dealkylation sites (tertiary alicyclic amines) is 1. The predicted molar refractivity (Wildman–Crippen MR) is 105 cm³/mol. The maximum Gasteiger partial charge on any atom is 0.319 e. The molecule has 0 bridgehead atoms. The number of anilines is 1. The number of hydrogen-bond donors (Lipinski definition) is 3. The smallest absolute Gasteiger partial charge is 0.319 e. The molecule has 6 nitrogen and oxygen atoms in total. The Kier molecular flexibility index (Phi) is 6.60. The van der Waals surface area contributed by atoms with Crippen molar-refractivity contribution < 1.29 is 19.1 Å². The molecule has 2 aromatic rings. The second kappa shape index (κ2) is 9.32. The van der Waals surface area contributed by atoms with Crippen molar-refractivity contribution in [2.24, 2.45) is 0 Å². The van der Waals surface area contributed by atoms with E-state index in [1.54, 1.807) is 30.3 Å². The summed E-state index contributed by atoms with van der Waals surface area (Å²) in [5, 5.41) is 15.2. The lowest BCUT2D eigenvalue weighted by Crippen LogP contribution is -2.35. The number of aliphatic hydroxyl groups excluding tert-OH is 1. The maximum absolute atomic E-state index is 13.7. The molecule has 1 atom stereocenters. The number of amides is 3. The predicted octanol–water partition coefficient (Wildman–Crippen LogP) is 3.31. The lowest BCUT2D eigenvalue weighted by atomic mass is 10.1. The number of nitrogens with zero attached hydrogens (tertiary/aromatic N) is 1. The molecule has 1 aliphatic rings. The normalized spacial score (nSPS) is 15.0. The van der Waals surface area contributed by atoms with Crippen molar-refractivity contribution in [2.75, 3.05) is 25.0 Å². The number of carbonyl (C=O) groups is 2. The van der Waals surface area contributed by atoms with Crippen molar-refractivity contribution in [3.8, 4) is 0 Å². The van der Waals surface area contributed by atoms with Gasteiger partial charge in [0.15, 0.2) is 0 Å². The lowest BCUT2D eigenvalue weighted by Gasteiger charge is -2.26. The molecule has 0 aliphatic carbocycles. The molecule has 1 saturated heterocycles. The topological polar surface area (TPSA) is 81.7 Å². The highest BCUT2D eigenvalue weighted by Gasteiger charge is 2.18. The molecule has 28 heavy (non-hydrogen) atoms. The molecule has 3 amide bonds. The zero-order valence-electron chi connectivity index (χ0n) is 15.5. The van der Waals surface area contributed by atoms with E-state index >= 15 is 0 Å². The van der Waals surface area contributed by atoms with Crippen molar-refractivity contribution in [1.82, 2.24) is 10.2 Å². The maximum atomic E-state index is 13.7. The molecule has 1 unspecified atom stereocenters. The Balaban J connectivity index is 1.55. The van der Waals surface area contributed by atoms with Gasteiger partial charge in [-0.1, -0.05) is 24.3 Å². The highest BCUT2D eigenvalue weighted by molar-refractivity contribution is 5.97. The molecular formula is C21H24FN3O3. The van der Waals surface area contributed by atoms with Crippen LogP contribution in [0.4, 0.5) is 14.9 Å². The first-order valence-corrected chi connectivity index (χ1v) is 9.41. The van der Waals surface area contributed by atoms with E-state index in [4.69, 9.17) is 0 Å². The molecule has 0 aromatic heterocycles. The Hall–Kier alpha value is -2.93. The fourth-order valence-corrected chi connectivity index (χ4v) is 3.23. The summed E-state index contributed by atoms with van der Waals surface area (Å²) in [6, 6.07) is 12.1. The van der Waals surface area contributed by atoms with E-state index in [1.807, 2.05) is 4.90 Å². The summed E-state index contributed by atoms with van der Waals surface area (Å²) in [6.07, 6.45) is 2.01. The number of urea groups is 1. The van der Waals surface area contributed by atoms with Gasteiger partial charge in [-0.2, -0.15) is 0 Å². The average molecular weight is 385 g/mol. The summed E-state index contributed by atoms with van der Waals surface area (Å²) in [6.45, 7) is 1.37. The fourth-order valence-electron chi connectivity index (χ4n) is 3.23. The number of carbonyl (C=O) groups excluding carboxylic acids is 2. The number of piperidine rings is 1. The van der Waals surface area contributed by atoms with Gasteiger partial charge < -0.3 is 20.6 Å². The van der Waals surface area contributed by atoms with Crippen LogP contribution in [-0.2, 0) is 0 Å². The number of hydrogen-bond acceptors (Lipinski definition) is 3. The SMILES string of the molecule is O=C(NCC(O)c1ccccc1F)Nc1cccc(C(=O)N2CCCCC2)c1. The molecule has 148 valence electrons. The number of rotatable bonds is 5. The molecule has 0 saturated carbocycles. The Labute approximate surface area is 163 Å². The second-order valence-corrected chi connectivity index (χ2v) is 6.81. The molecule has 1 aliphatic heterocycles. The van der Waals surface area contributed by atoms with Crippen molar-refractivity contribution in [2.45, 2.75) is 25.4 Å². The summed E-state index contributed by atoms with van der Waals surface area (Å²) < 4.78 is 13.7. The Morgan fingerprint density at radius 3 is 2.57 bits per heavy atom. The third kappa shape index (κ3) is 5.07. The third-order valence-corrected chi connectivity index (χ3v) is 4.73. The zero-order chi connectivity index (χ0) is 19.9. The van der Waals surface area contributed by atoms with Gasteiger partial charge in [0.25, 0.3) is 5.91 Å². The lowest BCUT2D eigenvalue weighted by molar-refractivity contribution is 0.0724. The van der Waals surface area contributed by atoms with Gasteiger partial charge in [0, 0.05) is 36.4 Å². The minimum absolute atomic E-state index is 0.0428. The van der Waals surface area contributed by atoms with E-state index in [9.17, 15) is 19.1 Å². The molecule has 0 radical (unpaired) electrons. The first kappa shape index (κ1) is 19.8. The van der Waals surface area contributed by atoms with E-state index in [1.165, 1.54) is 18.2 Å². The van der Waals surface area contributed by atoms with E-state index in [2.05, 4.69) is 10.6 Å². The van der Waals surface area contributed by atoms with Gasteiger partial charge >= 0.3 is 6.03 Å². The quantitative estimate of drug-likeness (QED) is 0.739. The first-order valence-electron chi connectivity index (χ1n) is 9.41. The second-order valence-electron chi connectivity index (χ2n) is 6.81. The molecule has 0 spiro atoms. The number of benzene rings is 2. The number of nitrogens with one attached hydrogen (secondary N) is 2. The van der Waals surface area contributed by atoms with Gasteiger partial charge in [-0.15, -0.1) is 0 Å². The summed E-state index contributed by atoms with van der Waals surface area (Å²) >= 11 is 0. The van der Waals surface area contributed by atoms with Crippen LogP contribution in [0.25, 0.3) is 0 Å². The van der Waals surface area contributed by atoms with Crippen LogP contribution < -0.4 is 10.6 Å². The van der Waals surface area contributed by atoms with Crippen LogP contribution >= 0.6 is 0 Å². The first-order chi connectivity index (χ1) is 13.5. The van der Waals surface area contributed by atoms with E-state index in [0.29, 0.717) is 11.3 Å². The molecule has 3 N–H and O–H groups in total. The van der Waals surface area contributed by atoms with E-state index in [-0.39, 0.29) is 18.0 Å². The van der Waals surface area contributed by atoms with Crippen LogP contribution in [0.5, 0.6) is 0 Å². The standard InChI is InChI=1S/C21H24FN3O3/c22-18-10-3-2-9-17(18)19(26)14-23-21(28)24-16-8-6-7-15(13-16)20(27)25-11-4-1-5-12-25/h2-3,6-10,13,19,26H,1,4-5,11-12,14H2,(H2,23,24,28). The highest BCUT2D eigenvalue weighted by Crippen LogP contribution is 2.17. The molecular weight excluding hydrogens is 361 g/mol. The largest absolute Gasteiger partial charge is 0.386 e. The molecule has 1 heterocycles. The summed E-state index contributed by atoms with van der Waals surface area (Å²) in [4.78, 5) is 26.5. The third-order valence-electron chi connectivity index (χ3n) is 4.73. The van der Waals surface area contributed by atoms with Gasteiger partial charge in [-0.05, 0) is 43.5 Å². The van der Waals surface area contributed by atoms with Crippen LogP contribution in [0.2, 0.25) is 0 Å². The minimum Gasteiger partial charge on any atom is -0.386 e. The van der Waals surface area contributed by atoms with Gasteiger partial charge in [0.1, 0.15) is 5.82 Å². The Morgan fingerprint density at radius 1 is 1.07 bits per heavy atom. The zero-order valence-corrected chi connectivity index (χ0v) is 15.5. The van der Waals surface area contributed by atoms with Crippen molar-refractivity contribution in [3.63, 3.8) is 0 Å². The molecule has 1 fully saturated rings. The van der Waals surface area contributed by atoms with Gasteiger partial charge in [-0.25, -0.2) is 9.18 Å². The highest BCUT2D eigenvalue weighted by atomic mass is 19.1. The molecule has 7 heteroatoms. The monoisotopic (exact) mass is 385 g/mol. The fraction of sp³-hybridized carbons (Fsp3) is 0.333. The number of aliphatic hydroxyl groups is 1. The van der Waals surface area contributed by atoms with Crippen molar-refractivity contribution in [1.29, 1.82) is 0 Å². The summed E-state index contributed by atoms with van der Waals surface area (Å²) in [5.74, 6) is -0.570. The summed E-state index contributed by atoms with van der Waals surface area (Å²) in [7, 11) is 0. The Bertz CT molecular complexity index is 837. The van der Waals surface area contributed by atoms with Crippen LogP contribution in [-0.4, -0.2) is 41.6 Å². The van der Waals surface area contributed by atoms with Gasteiger partial charge in [0.2, 0.25) is 0 Å². The Morgan fingerprint density at radius 2 is 1.82 bits per heavy atom.